The molecule has 2 fully saturated rings. The first kappa shape index (κ1) is 14.7. The van der Waals surface area contributed by atoms with E-state index < -0.39 is 0 Å². The number of phenols is 2. The molecule has 0 spiro atoms. The number of hydrogen-bond acceptors (Lipinski definition) is 4. The molecule has 3 rings (SSSR count). The highest BCUT2D eigenvalue weighted by Gasteiger charge is 2.27. The molecule has 0 aromatic heterocycles. The Labute approximate surface area is 126 Å². The third-order valence-electron chi connectivity index (χ3n) is 4.93. The molecule has 1 aromatic carbocycles. The average Bonchev–Trinajstić information content (AvgIpc) is 3.32. The van der Waals surface area contributed by atoms with E-state index in [0.717, 1.165) is 37.4 Å². The molecule has 4 heteroatoms. The minimum Gasteiger partial charge on any atom is -0.508 e. The molecule has 1 aromatic rings. The second-order valence-corrected chi connectivity index (χ2v) is 6.58. The van der Waals surface area contributed by atoms with Gasteiger partial charge in [-0.2, -0.15) is 0 Å². The minimum atomic E-state index is 0.140. The third kappa shape index (κ3) is 3.69. The summed E-state index contributed by atoms with van der Waals surface area (Å²) in [6.45, 7) is 5.37. The maximum Gasteiger partial charge on any atom is 0.120 e. The van der Waals surface area contributed by atoms with Gasteiger partial charge < -0.3 is 15.5 Å². The van der Waals surface area contributed by atoms with Crippen LogP contribution in [0.3, 0.4) is 0 Å². The van der Waals surface area contributed by atoms with Crippen molar-refractivity contribution in [3.05, 3.63) is 23.8 Å². The van der Waals surface area contributed by atoms with Crippen molar-refractivity contribution in [3.8, 4) is 11.5 Å². The molecule has 1 aliphatic carbocycles. The van der Waals surface area contributed by atoms with Crippen molar-refractivity contribution in [2.45, 2.75) is 44.7 Å². The molecule has 0 radical (unpaired) electrons. The number of nitrogens with one attached hydrogen (secondary N) is 1. The van der Waals surface area contributed by atoms with Crippen LogP contribution in [0.1, 0.15) is 44.2 Å². The molecule has 3 N–H and O–H groups in total. The Bertz CT molecular complexity index is 480. The van der Waals surface area contributed by atoms with Crippen LogP contribution in [0.25, 0.3) is 0 Å². The molecule has 1 heterocycles. The first-order chi connectivity index (χ1) is 10.1. The smallest absolute Gasteiger partial charge is 0.120 e. The number of likely N-dealkylation sites (tertiary alicyclic amines) is 1. The number of benzene rings is 1. The van der Waals surface area contributed by atoms with Crippen molar-refractivity contribution >= 4 is 0 Å². The van der Waals surface area contributed by atoms with Crippen LogP contribution in [0.15, 0.2) is 18.2 Å². The molecular weight excluding hydrogens is 264 g/mol. The van der Waals surface area contributed by atoms with Crippen LogP contribution >= 0.6 is 0 Å². The normalized spacial score (nSPS) is 22.3. The van der Waals surface area contributed by atoms with Crippen LogP contribution in [0.2, 0.25) is 0 Å². The highest BCUT2D eigenvalue weighted by atomic mass is 16.3. The molecule has 1 aliphatic heterocycles. The summed E-state index contributed by atoms with van der Waals surface area (Å²) in [5.74, 6) is 1.43. The summed E-state index contributed by atoms with van der Waals surface area (Å²) in [6, 6.07) is 5.57. The van der Waals surface area contributed by atoms with Crippen LogP contribution < -0.4 is 5.32 Å². The summed E-state index contributed by atoms with van der Waals surface area (Å²) in [4.78, 5) is 2.39. The summed E-state index contributed by atoms with van der Waals surface area (Å²) < 4.78 is 0. The Morgan fingerprint density at radius 1 is 1.19 bits per heavy atom. The SMILES string of the molecule is CC(c1cc(O)ccc1O)N1CCC(NCC2CC2)CC1. The maximum absolute atomic E-state index is 9.99. The quantitative estimate of drug-likeness (QED) is 0.730. The van der Waals surface area contributed by atoms with E-state index in [-0.39, 0.29) is 17.5 Å². The van der Waals surface area contributed by atoms with E-state index in [4.69, 9.17) is 0 Å². The number of rotatable bonds is 5. The largest absolute Gasteiger partial charge is 0.508 e. The molecule has 116 valence electrons. The topological polar surface area (TPSA) is 55.7 Å². The number of piperidine rings is 1. The van der Waals surface area contributed by atoms with E-state index >= 15 is 0 Å². The van der Waals surface area contributed by atoms with Gasteiger partial charge >= 0.3 is 0 Å². The van der Waals surface area contributed by atoms with Gasteiger partial charge in [0.2, 0.25) is 0 Å². The summed E-state index contributed by atoms with van der Waals surface area (Å²) in [7, 11) is 0. The molecular formula is C17H26N2O2. The summed E-state index contributed by atoms with van der Waals surface area (Å²) >= 11 is 0. The van der Waals surface area contributed by atoms with Crippen LogP contribution in [-0.4, -0.2) is 40.8 Å². The highest BCUT2D eigenvalue weighted by Crippen LogP contribution is 2.33. The van der Waals surface area contributed by atoms with E-state index in [2.05, 4.69) is 17.1 Å². The van der Waals surface area contributed by atoms with Gasteiger partial charge in [0.1, 0.15) is 11.5 Å². The van der Waals surface area contributed by atoms with Crippen LogP contribution in [-0.2, 0) is 0 Å². The number of hydrogen-bond donors (Lipinski definition) is 3. The second-order valence-electron chi connectivity index (χ2n) is 6.58. The Morgan fingerprint density at radius 3 is 2.57 bits per heavy atom. The van der Waals surface area contributed by atoms with E-state index in [9.17, 15) is 10.2 Å². The van der Waals surface area contributed by atoms with Gasteiger partial charge in [-0.05, 0) is 63.3 Å². The number of aromatic hydroxyl groups is 2. The van der Waals surface area contributed by atoms with E-state index in [1.807, 2.05) is 0 Å². The predicted octanol–water partition coefficient (Wildman–Crippen LogP) is 2.62. The molecule has 2 aliphatic rings. The lowest BCUT2D eigenvalue weighted by Crippen LogP contribution is -2.43. The summed E-state index contributed by atoms with van der Waals surface area (Å²) in [6.07, 6.45) is 5.13. The first-order valence-electron chi connectivity index (χ1n) is 8.13. The number of phenolic OH excluding ortho intramolecular Hbond substituents is 2. The van der Waals surface area contributed by atoms with Gasteiger partial charge in [-0.1, -0.05) is 0 Å². The van der Waals surface area contributed by atoms with Gasteiger partial charge in [0.15, 0.2) is 0 Å². The van der Waals surface area contributed by atoms with Crippen LogP contribution in [0, 0.1) is 5.92 Å². The lowest BCUT2D eigenvalue weighted by Gasteiger charge is -2.36. The van der Waals surface area contributed by atoms with Crippen molar-refractivity contribution in [3.63, 3.8) is 0 Å². The van der Waals surface area contributed by atoms with E-state index in [0.29, 0.717) is 6.04 Å². The van der Waals surface area contributed by atoms with Gasteiger partial charge in [0, 0.05) is 30.7 Å². The predicted molar refractivity (Wildman–Crippen MR) is 83.5 cm³/mol. The second kappa shape index (κ2) is 6.24. The Balaban J connectivity index is 1.54. The summed E-state index contributed by atoms with van der Waals surface area (Å²) in [5.41, 5.74) is 0.819. The molecule has 1 saturated heterocycles. The van der Waals surface area contributed by atoms with E-state index in [1.165, 1.54) is 25.5 Å². The third-order valence-corrected chi connectivity index (χ3v) is 4.93. The van der Waals surface area contributed by atoms with Crippen molar-refractivity contribution in [2.24, 2.45) is 5.92 Å². The van der Waals surface area contributed by atoms with Gasteiger partial charge in [0.25, 0.3) is 0 Å². The minimum absolute atomic E-state index is 0.140. The Kier molecular flexibility index (Phi) is 4.36. The molecule has 1 saturated carbocycles. The average molecular weight is 290 g/mol. The van der Waals surface area contributed by atoms with Crippen molar-refractivity contribution in [2.75, 3.05) is 19.6 Å². The van der Waals surface area contributed by atoms with Gasteiger partial charge in [0.05, 0.1) is 0 Å². The van der Waals surface area contributed by atoms with Crippen molar-refractivity contribution in [1.82, 2.24) is 10.2 Å². The Hall–Kier alpha value is -1.26. The fraction of sp³-hybridized carbons (Fsp3) is 0.647. The van der Waals surface area contributed by atoms with Crippen molar-refractivity contribution < 1.29 is 10.2 Å². The van der Waals surface area contributed by atoms with E-state index in [1.54, 1.807) is 12.1 Å². The van der Waals surface area contributed by atoms with Gasteiger partial charge in [-0.15, -0.1) is 0 Å². The monoisotopic (exact) mass is 290 g/mol. The molecule has 4 nitrogen and oxygen atoms in total. The Morgan fingerprint density at radius 2 is 1.90 bits per heavy atom. The molecule has 21 heavy (non-hydrogen) atoms. The molecule has 0 amide bonds. The summed E-state index contributed by atoms with van der Waals surface area (Å²) in [5, 5.41) is 23.3. The van der Waals surface area contributed by atoms with Gasteiger partial charge in [-0.3, -0.25) is 4.90 Å². The first-order valence-corrected chi connectivity index (χ1v) is 8.13. The zero-order valence-corrected chi connectivity index (χ0v) is 12.8. The fourth-order valence-electron chi connectivity index (χ4n) is 3.22. The van der Waals surface area contributed by atoms with Crippen LogP contribution in [0.5, 0.6) is 11.5 Å². The zero-order valence-electron chi connectivity index (χ0n) is 12.8. The zero-order chi connectivity index (χ0) is 14.8. The number of nitrogens with zero attached hydrogens (tertiary/aromatic N) is 1. The lowest BCUT2D eigenvalue weighted by molar-refractivity contribution is 0.150. The maximum atomic E-state index is 9.99. The highest BCUT2D eigenvalue weighted by molar-refractivity contribution is 5.40. The van der Waals surface area contributed by atoms with Crippen molar-refractivity contribution in [1.29, 1.82) is 0 Å². The fourth-order valence-corrected chi connectivity index (χ4v) is 3.22. The van der Waals surface area contributed by atoms with Gasteiger partial charge in [-0.25, -0.2) is 0 Å². The molecule has 0 bridgehead atoms. The molecule has 1 unspecified atom stereocenters. The lowest BCUT2D eigenvalue weighted by atomic mass is 9.99. The molecule has 1 atom stereocenters. The standard InChI is InChI=1S/C17H26N2O2/c1-12(16-10-15(20)4-5-17(16)21)19-8-6-14(7-9-19)18-11-13-2-3-13/h4-5,10,12-14,18,20-21H,2-3,6-9,11H2,1H3. The van der Waals surface area contributed by atoms with Crippen LogP contribution in [0.4, 0.5) is 0 Å².